The Morgan fingerprint density at radius 1 is 1.22 bits per heavy atom. The van der Waals surface area contributed by atoms with Crippen molar-refractivity contribution in [2.75, 3.05) is 53.0 Å². The predicted molar refractivity (Wildman–Crippen MR) is 110 cm³/mol. The first kappa shape index (κ1) is 27.8. The lowest BCUT2D eigenvalue weighted by Gasteiger charge is -2.28. The lowest BCUT2D eigenvalue weighted by Crippen LogP contribution is -2.47. The summed E-state index contributed by atoms with van der Waals surface area (Å²) in [6.07, 6.45) is -4.91. The highest BCUT2D eigenvalue weighted by atomic mass is 32.2. The summed E-state index contributed by atoms with van der Waals surface area (Å²) in [5.41, 5.74) is 0.879. The lowest BCUT2D eigenvalue weighted by atomic mass is 10.2. The summed E-state index contributed by atoms with van der Waals surface area (Å²) in [7, 11) is -2.12. The molecule has 0 bridgehead atoms. The van der Waals surface area contributed by atoms with Gasteiger partial charge in [0.2, 0.25) is 15.9 Å². The first-order valence-electron chi connectivity index (χ1n) is 9.74. The number of hydrogen-bond acceptors (Lipinski definition) is 6. The number of hydrogen-bond donors (Lipinski definition) is 2. The molecule has 2 rings (SSSR count). The number of alkyl halides is 3. The number of rotatable bonds is 8. The van der Waals surface area contributed by atoms with Gasteiger partial charge in [-0.1, -0.05) is 12.1 Å². The third-order valence-electron chi connectivity index (χ3n) is 4.46. The average molecular weight is 484 g/mol. The summed E-state index contributed by atoms with van der Waals surface area (Å²) in [6.45, 7) is 5.41. The monoisotopic (exact) mass is 483 g/mol. The number of nitrogens with one attached hydrogen (secondary N) is 1. The van der Waals surface area contributed by atoms with Gasteiger partial charge in [-0.25, -0.2) is 13.2 Å². The zero-order valence-electron chi connectivity index (χ0n) is 17.9. The van der Waals surface area contributed by atoms with Crippen molar-refractivity contribution >= 4 is 21.9 Å². The van der Waals surface area contributed by atoms with Crippen molar-refractivity contribution in [3.8, 4) is 0 Å². The highest BCUT2D eigenvalue weighted by Gasteiger charge is 2.38. The van der Waals surface area contributed by atoms with Crippen molar-refractivity contribution in [2.45, 2.75) is 24.4 Å². The van der Waals surface area contributed by atoms with Gasteiger partial charge in [0.1, 0.15) is 0 Å². The maximum absolute atomic E-state index is 12.9. The number of aliphatic carboxylic acids is 1. The largest absolute Gasteiger partial charge is 0.490 e. The molecule has 13 heteroatoms. The predicted octanol–water partition coefficient (Wildman–Crippen LogP) is 1.09. The van der Waals surface area contributed by atoms with Crippen LogP contribution in [0.15, 0.2) is 29.2 Å². The van der Waals surface area contributed by atoms with Gasteiger partial charge in [0.15, 0.2) is 0 Å². The van der Waals surface area contributed by atoms with E-state index in [-0.39, 0.29) is 36.9 Å². The molecule has 1 aromatic carbocycles. The normalized spacial score (nSPS) is 14.6. The second-order valence-corrected chi connectivity index (χ2v) is 8.84. The number of aryl methyl sites for hydroxylation is 1. The number of carbonyl (C=O) groups is 2. The SMILES string of the molecule is COCCN(CCC(=O)N1CCNCC1)S(=O)(=O)c1cccc(C)c1.O=C(O)C(F)(F)F. The van der Waals surface area contributed by atoms with Gasteiger partial charge in [-0.15, -0.1) is 0 Å². The molecule has 2 N–H and O–H groups in total. The molecule has 1 heterocycles. The molecule has 0 unspecified atom stereocenters. The summed E-state index contributed by atoms with van der Waals surface area (Å²) in [4.78, 5) is 23.3. The van der Waals surface area contributed by atoms with E-state index in [4.69, 9.17) is 14.6 Å². The first-order chi connectivity index (χ1) is 14.9. The third-order valence-corrected chi connectivity index (χ3v) is 6.35. The van der Waals surface area contributed by atoms with Crippen LogP contribution in [0.5, 0.6) is 0 Å². The van der Waals surface area contributed by atoms with Crippen molar-refractivity contribution in [1.82, 2.24) is 14.5 Å². The molecule has 1 aromatic rings. The van der Waals surface area contributed by atoms with Gasteiger partial charge in [-0.2, -0.15) is 17.5 Å². The molecule has 0 atom stereocenters. The number of halogens is 3. The summed E-state index contributed by atoms with van der Waals surface area (Å²) in [5, 5.41) is 10.3. The Labute approximate surface area is 185 Å². The van der Waals surface area contributed by atoms with Gasteiger partial charge >= 0.3 is 12.1 Å². The average Bonchev–Trinajstić information content (AvgIpc) is 2.73. The maximum atomic E-state index is 12.9. The van der Waals surface area contributed by atoms with Crippen LogP contribution < -0.4 is 5.32 Å². The topological polar surface area (TPSA) is 116 Å². The summed E-state index contributed by atoms with van der Waals surface area (Å²) in [6, 6.07) is 6.81. The first-order valence-corrected chi connectivity index (χ1v) is 11.2. The standard InChI is InChI=1S/C17H27N3O4S.C2HF3O2/c1-15-4-3-5-16(14-15)25(22,23)20(12-13-24-2)9-6-17(21)19-10-7-18-8-11-19;3-2(4,5)1(6)7/h3-5,14,18H,6-13H2,1-2H3;(H,6,7). The van der Waals surface area contributed by atoms with Crippen molar-refractivity contribution in [3.05, 3.63) is 29.8 Å². The molecule has 0 aromatic heterocycles. The van der Waals surface area contributed by atoms with Crippen LogP contribution in [0.3, 0.4) is 0 Å². The highest BCUT2D eigenvalue weighted by Crippen LogP contribution is 2.17. The van der Waals surface area contributed by atoms with Gasteiger partial charge in [-0.3, -0.25) is 4.79 Å². The van der Waals surface area contributed by atoms with Gasteiger partial charge in [-0.05, 0) is 24.6 Å². The Morgan fingerprint density at radius 3 is 2.31 bits per heavy atom. The van der Waals surface area contributed by atoms with Crippen LogP contribution in [0.4, 0.5) is 13.2 Å². The lowest BCUT2D eigenvalue weighted by molar-refractivity contribution is -0.192. The Bertz CT molecular complexity index is 858. The second-order valence-electron chi connectivity index (χ2n) is 6.90. The smallest absolute Gasteiger partial charge is 0.475 e. The Balaban J connectivity index is 0.000000633. The maximum Gasteiger partial charge on any atom is 0.490 e. The van der Waals surface area contributed by atoms with Crippen molar-refractivity contribution in [2.24, 2.45) is 0 Å². The third kappa shape index (κ3) is 9.10. The van der Waals surface area contributed by atoms with E-state index in [9.17, 15) is 26.4 Å². The molecule has 182 valence electrons. The van der Waals surface area contributed by atoms with Crippen LogP contribution in [0.1, 0.15) is 12.0 Å². The second kappa shape index (κ2) is 12.7. The molecular formula is C19H28F3N3O6S. The number of nitrogens with zero attached hydrogens (tertiary/aromatic N) is 2. The van der Waals surface area contributed by atoms with E-state index in [0.717, 1.165) is 18.7 Å². The van der Waals surface area contributed by atoms with Crippen LogP contribution in [-0.4, -0.2) is 93.8 Å². The molecule has 0 saturated carbocycles. The quantitative estimate of drug-likeness (QED) is 0.569. The van der Waals surface area contributed by atoms with Crippen LogP contribution in [0.25, 0.3) is 0 Å². The fraction of sp³-hybridized carbons (Fsp3) is 0.579. The number of sulfonamides is 1. The van der Waals surface area contributed by atoms with Crippen molar-refractivity contribution < 1.29 is 41.0 Å². The number of carbonyl (C=O) groups excluding carboxylic acids is 1. The number of piperazine rings is 1. The summed E-state index contributed by atoms with van der Waals surface area (Å²) in [5.74, 6) is -2.77. The molecule has 32 heavy (non-hydrogen) atoms. The van der Waals surface area contributed by atoms with Crippen molar-refractivity contribution in [1.29, 1.82) is 0 Å². The summed E-state index contributed by atoms with van der Waals surface area (Å²) >= 11 is 0. The zero-order chi connectivity index (χ0) is 24.4. The van der Waals surface area contributed by atoms with Gasteiger partial charge in [0, 0.05) is 52.8 Å². The number of methoxy groups -OCH3 is 1. The van der Waals surface area contributed by atoms with Crippen LogP contribution in [-0.2, 0) is 24.3 Å². The van der Waals surface area contributed by atoms with E-state index in [1.807, 2.05) is 13.0 Å². The Hall–Kier alpha value is -2.22. The van der Waals surface area contributed by atoms with Gasteiger partial charge in [0.05, 0.1) is 11.5 Å². The molecule has 1 fully saturated rings. The van der Waals surface area contributed by atoms with E-state index in [0.29, 0.717) is 13.1 Å². The molecule has 1 amide bonds. The Kier molecular flexibility index (Phi) is 11.1. The molecule has 1 saturated heterocycles. The van der Waals surface area contributed by atoms with Gasteiger partial charge in [0.25, 0.3) is 0 Å². The molecule has 0 aliphatic carbocycles. The van der Waals surface area contributed by atoms with Crippen LogP contribution in [0.2, 0.25) is 0 Å². The minimum absolute atomic E-state index is 0.0108. The molecular weight excluding hydrogens is 455 g/mol. The molecule has 1 aliphatic heterocycles. The molecule has 0 radical (unpaired) electrons. The number of amides is 1. The fourth-order valence-corrected chi connectivity index (χ4v) is 4.29. The minimum atomic E-state index is -5.08. The number of carboxylic acid groups (broad SMARTS) is 1. The van der Waals surface area contributed by atoms with E-state index in [1.165, 1.54) is 11.4 Å². The molecule has 9 nitrogen and oxygen atoms in total. The minimum Gasteiger partial charge on any atom is -0.475 e. The number of benzene rings is 1. The highest BCUT2D eigenvalue weighted by molar-refractivity contribution is 7.89. The van der Waals surface area contributed by atoms with E-state index in [1.54, 1.807) is 23.1 Å². The molecule has 0 spiro atoms. The van der Waals surface area contributed by atoms with Crippen LogP contribution in [0, 0.1) is 6.92 Å². The molecule has 1 aliphatic rings. The van der Waals surface area contributed by atoms with E-state index >= 15 is 0 Å². The summed E-state index contributed by atoms with van der Waals surface area (Å²) < 4.78 is 63.9. The van der Waals surface area contributed by atoms with E-state index in [2.05, 4.69) is 5.32 Å². The van der Waals surface area contributed by atoms with E-state index < -0.39 is 22.2 Å². The van der Waals surface area contributed by atoms with Gasteiger partial charge < -0.3 is 20.1 Å². The van der Waals surface area contributed by atoms with Crippen molar-refractivity contribution in [3.63, 3.8) is 0 Å². The fourth-order valence-electron chi connectivity index (χ4n) is 2.76. The zero-order valence-corrected chi connectivity index (χ0v) is 18.7. The van der Waals surface area contributed by atoms with Crippen LogP contribution >= 0.6 is 0 Å². The number of carboxylic acids is 1. The number of ether oxygens (including phenoxy) is 1. The Morgan fingerprint density at radius 2 is 1.81 bits per heavy atom.